The van der Waals surface area contributed by atoms with Crippen molar-refractivity contribution in [3.05, 3.63) is 34.6 Å². The van der Waals surface area contributed by atoms with Gasteiger partial charge in [-0.3, -0.25) is 0 Å². The van der Waals surface area contributed by atoms with Gasteiger partial charge in [0.1, 0.15) is 5.82 Å². The van der Waals surface area contributed by atoms with Crippen LogP contribution < -0.4 is 5.73 Å². The third-order valence-corrected chi connectivity index (χ3v) is 3.54. The minimum atomic E-state index is -0.400. The molecule has 5 heteroatoms. The van der Waals surface area contributed by atoms with Crippen LogP contribution in [0.5, 0.6) is 0 Å². The lowest BCUT2D eigenvalue weighted by atomic mass is 10.0. The highest BCUT2D eigenvalue weighted by atomic mass is 35.5. The molecule has 2 unspecified atom stereocenters. The zero-order valence-electron chi connectivity index (χ0n) is 10.4. The minimum Gasteiger partial charge on any atom is -0.374 e. The van der Waals surface area contributed by atoms with Crippen molar-refractivity contribution in [3.63, 3.8) is 0 Å². The van der Waals surface area contributed by atoms with Gasteiger partial charge in [-0.25, -0.2) is 4.39 Å². The molecule has 1 fully saturated rings. The van der Waals surface area contributed by atoms with Gasteiger partial charge in [0.2, 0.25) is 0 Å². The smallest absolute Gasteiger partial charge is 0.142 e. The van der Waals surface area contributed by atoms with E-state index in [1.165, 1.54) is 6.07 Å². The number of morpholine rings is 1. The summed E-state index contributed by atoms with van der Waals surface area (Å²) in [6.45, 7) is 2.44. The summed E-state index contributed by atoms with van der Waals surface area (Å²) in [7, 11) is 2.05. The molecule has 1 heterocycles. The van der Waals surface area contributed by atoms with Gasteiger partial charge in [-0.1, -0.05) is 17.7 Å². The van der Waals surface area contributed by atoms with Crippen molar-refractivity contribution in [2.24, 2.45) is 5.73 Å². The Kier molecular flexibility index (Phi) is 4.56. The monoisotopic (exact) mass is 272 g/mol. The van der Waals surface area contributed by atoms with Crippen molar-refractivity contribution in [1.82, 2.24) is 4.90 Å². The summed E-state index contributed by atoms with van der Waals surface area (Å²) in [5.41, 5.74) is 6.97. The van der Waals surface area contributed by atoms with Gasteiger partial charge >= 0.3 is 0 Å². The molecule has 2 N–H and O–H groups in total. The Bertz CT molecular complexity index is 416. The second kappa shape index (κ2) is 5.97. The van der Waals surface area contributed by atoms with Gasteiger partial charge in [-0.2, -0.15) is 0 Å². The van der Waals surface area contributed by atoms with Crippen molar-refractivity contribution in [1.29, 1.82) is 0 Å². The van der Waals surface area contributed by atoms with Gasteiger partial charge < -0.3 is 15.4 Å². The predicted molar refractivity (Wildman–Crippen MR) is 70.3 cm³/mol. The number of nitrogens with two attached hydrogens (primary N) is 1. The Hall–Kier alpha value is -0.680. The summed E-state index contributed by atoms with van der Waals surface area (Å²) in [5, 5.41) is 0.140. The number of halogens is 2. The minimum absolute atomic E-state index is 0.00230. The van der Waals surface area contributed by atoms with Crippen molar-refractivity contribution in [2.75, 3.05) is 26.7 Å². The van der Waals surface area contributed by atoms with E-state index in [0.717, 1.165) is 18.7 Å². The van der Waals surface area contributed by atoms with Crippen LogP contribution in [0.15, 0.2) is 18.2 Å². The highest BCUT2D eigenvalue weighted by Gasteiger charge is 2.24. The molecule has 1 aromatic carbocycles. The maximum absolute atomic E-state index is 13.3. The van der Waals surface area contributed by atoms with Crippen molar-refractivity contribution in [2.45, 2.75) is 18.6 Å². The van der Waals surface area contributed by atoms with E-state index in [1.54, 1.807) is 12.1 Å². The average molecular weight is 273 g/mol. The van der Waals surface area contributed by atoms with Crippen LogP contribution in [0.4, 0.5) is 4.39 Å². The van der Waals surface area contributed by atoms with Crippen molar-refractivity contribution >= 4 is 11.6 Å². The summed E-state index contributed by atoms with van der Waals surface area (Å²) in [6, 6.07) is 4.67. The molecule has 0 bridgehead atoms. The zero-order chi connectivity index (χ0) is 13.1. The SMILES string of the molecule is CN1CCOC(C(N)Cc2ccc(Cl)c(F)c2)C1. The molecular weight excluding hydrogens is 255 g/mol. The van der Waals surface area contributed by atoms with Crippen LogP contribution in [0.3, 0.4) is 0 Å². The summed E-state index contributed by atoms with van der Waals surface area (Å²) in [4.78, 5) is 2.19. The fourth-order valence-corrected chi connectivity index (χ4v) is 2.26. The predicted octanol–water partition coefficient (Wildman–Crippen LogP) is 1.68. The van der Waals surface area contributed by atoms with E-state index in [1.807, 2.05) is 7.05 Å². The zero-order valence-corrected chi connectivity index (χ0v) is 11.2. The molecule has 18 heavy (non-hydrogen) atoms. The molecule has 1 saturated heterocycles. The summed E-state index contributed by atoms with van der Waals surface area (Å²) >= 11 is 5.65. The Balaban J connectivity index is 1.97. The largest absolute Gasteiger partial charge is 0.374 e. The first-order chi connectivity index (χ1) is 8.56. The molecule has 1 aromatic rings. The Labute approximate surface area is 112 Å². The molecule has 1 aliphatic heterocycles. The van der Waals surface area contributed by atoms with Crippen LogP contribution >= 0.6 is 11.6 Å². The topological polar surface area (TPSA) is 38.5 Å². The summed E-state index contributed by atoms with van der Waals surface area (Å²) in [6.07, 6.45) is 0.592. The standard InChI is InChI=1S/C13H18ClFN2O/c1-17-4-5-18-13(8-17)12(16)7-9-2-3-10(14)11(15)6-9/h2-3,6,12-13H,4-5,7-8,16H2,1H3. The molecule has 0 radical (unpaired) electrons. The number of nitrogens with zero attached hydrogens (tertiary/aromatic N) is 1. The van der Waals surface area contributed by atoms with Crippen molar-refractivity contribution in [3.8, 4) is 0 Å². The summed E-state index contributed by atoms with van der Waals surface area (Å²) < 4.78 is 19.0. The lowest BCUT2D eigenvalue weighted by Gasteiger charge is -2.33. The number of rotatable bonds is 3. The van der Waals surface area contributed by atoms with E-state index in [0.29, 0.717) is 13.0 Å². The quantitative estimate of drug-likeness (QED) is 0.910. The molecule has 0 amide bonds. The van der Waals surface area contributed by atoms with Crippen LogP contribution in [-0.2, 0) is 11.2 Å². The number of hydrogen-bond acceptors (Lipinski definition) is 3. The molecule has 0 aromatic heterocycles. The third kappa shape index (κ3) is 3.42. The maximum Gasteiger partial charge on any atom is 0.142 e. The van der Waals surface area contributed by atoms with Gasteiger partial charge in [-0.05, 0) is 31.2 Å². The van der Waals surface area contributed by atoms with E-state index in [4.69, 9.17) is 22.1 Å². The maximum atomic E-state index is 13.3. The van der Waals surface area contributed by atoms with E-state index >= 15 is 0 Å². The molecule has 0 spiro atoms. The second-order valence-electron chi connectivity index (χ2n) is 4.79. The second-order valence-corrected chi connectivity index (χ2v) is 5.20. The van der Waals surface area contributed by atoms with Gasteiger partial charge in [0.15, 0.2) is 0 Å². The first-order valence-corrected chi connectivity index (χ1v) is 6.43. The van der Waals surface area contributed by atoms with Gasteiger partial charge in [-0.15, -0.1) is 0 Å². The number of hydrogen-bond donors (Lipinski definition) is 1. The van der Waals surface area contributed by atoms with Gasteiger partial charge in [0, 0.05) is 19.1 Å². The summed E-state index contributed by atoms with van der Waals surface area (Å²) in [5.74, 6) is -0.400. The number of likely N-dealkylation sites (N-methyl/N-ethyl adjacent to an activating group) is 1. The molecule has 0 saturated carbocycles. The number of ether oxygens (including phenoxy) is 1. The van der Waals surface area contributed by atoms with Crippen molar-refractivity contribution < 1.29 is 9.13 Å². The Morgan fingerprint density at radius 2 is 2.39 bits per heavy atom. The molecule has 2 rings (SSSR count). The first-order valence-electron chi connectivity index (χ1n) is 6.06. The highest BCUT2D eigenvalue weighted by Crippen LogP contribution is 2.17. The fourth-order valence-electron chi connectivity index (χ4n) is 2.14. The molecule has 3 nitrogen and oxygen atoms in total. The molecule has 100 valence electrons. The van der Waals surface area contributed by atoms with Crippen LogP contribution in [0, 0.1) is 5.82 Å². The van der Waals surface area contributed by atoms with E-state index in [2.05, 4.69) is 4.90 Å². The average Bonchev–Trinajstić information content (AvgIpc) is 2.34. The number of benzene rings is 1. The van der Waals surface area contributed by atoms with Crippen LogP contribution in [0.1, 0.15) is 5.56 Å². The van der Waals surface area contributed by atoms with E-state index < -0.39 is 5.82 Å². The molecule has 2 atom stereocenters. The Morgan fingerprint density at radius 3 is 3.06 bits per heavy atom. The first kappa shape index (κ1) is 13.7. The lowest BCUT2D eigenvalue weighted by Crippen LogP contribution is -2.50. The fraction of sp³-hybridized carbons (Fsp3) is 0.538. The Morgan fingerprint density at radius 1 is 1.61 bits per heavy atom. The highest BCUT2D eigenvalue weighted by molar-refractivity contribution is 6.30. The van der Waals surface area contributed by atoms with E-state index in [9.17, 15) is 4.39 Å². The van der Waals surface area contributed by atoms with Gasteiger partial charge in [0.25, 0.3) is 0 Å². The third-order valence-electron chi connectivity index (χ3n) is 3.23. The molecule has 1 aliphatic rings. The van der Waals surface area contributed by atoms with Crippen LogP contribution in [0.25, 0.3) is 0 Å². The lowest BCUT2D eigenvalue weighted by molar-refractivity contribution is -0.0319. The van der Waals surface area contributed by atoms with Gasteiger partial charge in [0.05, 0.1) is 17.7 Å². The molecule has 0 aliphatic carbocycles. The normalized spacial score (nSPS) is 23.0. The van der Waals surface area contributed by atoms with E-state index in [-0.39, 0.29) is 17.2 Å². The van der Waals surface area contributed by atoms with Crippen LogP contribution in [-0.4, -0.2) is 43.8 Å². The van der Waals surface area contributed by atoms with Crippen LogP contribution in [0.2, 0.25) is 5.02 Å². The molecular formula is C13H18ClFN2O.